The Labute approximate surface area is 115 Å². The molecule has 17 heavy (non-hydrogen) atoms. The molecule has 0 aliphatic rings. The van der Waals surface area contributed by atoms with Gasteiger partial charge in [-0.1, -0.05) is 6.92 Å². The minimum atomic E-state index is 0.239. The van der Waals surface area contributed by atoms with Gasteiger partial charge in [0.1, 0.15) is 5.75 Å². The molecule has 0 aliphatic heterocycles. The van der Waals surface area contributed by atoms with Crippen LogP contribution in [0.1, 0.15) is 19.4 Å². The van der Waals surface area contributed by atoms with Gasteiger partial charge in [-0.25, -0.2) is 0 Å². The summed E-state index contributed by atoms with van der Waals surface area (Å²) >= 11 is 4.88. The number of halogens is 1. The van der Waals surface area contributed by atoms with Crippen LogP contribution in [0.5, 0.6) is 5.75 Å². The molecule has 96 valence electrons. The molecule has 5 heteroatoms. The van der Waals surface area contributed by atoms with Crippen LogP contribution in [0.4, 0.5) is 0 Å². The molecule has 0 aliphatic carbocycles. The highest BCUT2D eigenvalue weighted by molar-refractivity contribution is 9.10. The molecular formula is C12H17BrO3S. The molecule has 1 rings (SSSR count). The van der Waals surface area contributed by atoms with E-state index >= 15 is 0 Å². The van der Waals surface area contributed by atoms with Crippen molar-refractivity contribution < 1.29 is 13.7 Å². The average Bonchev–Trinajstić information content (AvgIpc) is 2.35. The van der Waals surface area contributed by atoms with Crippen LogP contribution in [0.15, 0.2) is 21.5 Å². The smallest absolute Gasteiger partial charge is 0.188 e. The number of ether oxygens (including phenoxy) is 2. The molecule has 0 N–H and O–H groups in total. The molecule has 0 amide bonds. The van der Waals surface area contributed by atoms with Gasteiger partial charge < -0.3 is 13.7 Å². The zero-order valence-electron chi connectivity index (χ0n) is 10.3. The lowest BCUT2D eigenvalue weighted by Gasteiger charge is -2.12. The molecule has 0 fully saturated rings. The van der Waals surface area contributed by atoms with E-state index in [1.165, 1.54) is 17.6 Å². The van der Waals surface area contributed by atoms with Gasteiger partial charge in [0.25, 0.3) is 0 Å². The minimum Gasteiger partial charge on any atom is -0.466 e. The summed E-state index contributed by atoms with van der Waals surface area (Å²) in [6.45, 7) is 5.01. The molecule has 0 atom stereocenters. The fraction of sp³-hybridized carbons (Fsp3) is 0.500. The van der Waals surface area contributed by atoms with Crippen LogP contribution in [0, 0.1) is 0 Å². The summed E-state index contributed by atoms with van der Waals surface area (Å²) in [5.41, 5.74) is 1.24. The van der Waals surface area contributed by atoms with Crippen molar-refractivity contribution >= 4 is 28.0 Å². The highest BCUT2D eigenvalue weighted by Gasteiger charge is 2.09. The number of aryl methyl sites for hydroxylation is 1. The topological polar surface area (TPSA) is 27.7 Å². The van der Waals surface area contributed by atoms with Crippen LogP contribution in [-0.2, 0) is 15.3 Å². The van der Waals surface area contributed by atoms with Gasteiger partial charge in [0.05, 0.1) is 11.1 Å². The summed E-state index contributed by atoms with van der Waals surface area (Å²) in [6, 6.07) is 4.04. The van der Waals surface area contributed by atoms with Crippen molar-refractivity contribution in [3.8, 4) is 5.75 Å². The summed E-state index contributed by atoms with van der Waals surface area (Å²) < 4.78 is 16.7. The summed E-state index contributed by atoms with van der Waals surface area (Å²) in [6.07, 6.45) is 0.957. The Kier molecular flexibility index (Phi) is 6.96. The maximum Gasteiger partial charge on any atom is 0.188 e. The van der Waals surface area contributed by atoms with Gasteiger partial charge in [-0.2, -0.15) is 0 Å². The summed E-state index contributed by atoms with van der Waals surface area (Å²) in [4.78, 5) is 1.09. The van der Waals surface area contributed by atoms with Crippen molar-refractivity contribution in [2.24, 2.45) is 0 Å². The van der Waals surface area contributed by atoms with Crippen molar-refractivity contribution in [3.05, 3.63) is 22.2 Å². The maximum atomic E-state index is 5.47. The highest BCUT2D eigenvalue weighted by Crippen LogP contribution is 2.34. The summed E-state index contributed by atoms with van der Waals surface area (Å²) in [5.74, 6) is 0.770. The second kappa shape index (κ2) is 7.97. The molecule has 0 aromatic heterocycles. The van der Waals surface area contributed by atoms with Crippen LogP contribution < -0.4 is 4.74 Å². The Bertz CT molecular complexity index is 358. The number of rotatable bonds is 7. The lowest BCUT2D eigenvalue weighted by Crippen LogP contribution is -2.00. The van der Waals surface area contributed by atoms with E-state index in [1.807, 2.05) is 13.0 Å². The van der Waals surface area contributed by atoms with Crippen molar-refractivity contribution in [3.63, 3.8) is 0 Å². The van der Waals surface area contributed by atoms with E-state index in [9.17, 15) is 0 Å². The number of hydrogen-bond acceptors (Lipinski definition) is 4. The van der Waals surface area contributed by atoms with E-state index in [2.05, 4.69) is 28.9 Å². The zero-order chi connectivity index (χ0) is 12.7. The number of benzene rings is 1. The first-order valence-corrected chi connectivity index (χ1v) is 7.00. The first-order valence-electron chi connectivity index (χ1n) is 5.46. The van der Waals surface area contributed by atoms with Crippen LogP contribution in [0.25, 0.3) is 0 Å². The molecular weight excluding hydrogens is 304 g/mol. The third kappa shape index (κ3) is 4.50. The van der Waals surface area contributed by atoms with Crippen LogP contribution in [0.3, 0.4) is 0 Å². The third-order valence-electron chi connectivity index (χ3n) is 2.09. The number of hydrogen-bond donors (Lipinski definition) is 0. The largest absolute Gasteiger partial charge is 0.466 e. The highest BCUT2D eigenvalue weighted by atomic mass is 79.9. The Balaban J connectivity index is 2.91. The van der Waals surface area contributed by atoms with E-state index < -0.39 is 0 Å². The normalized spacial score (nSPS) is 10.6. The van der Waals surface area contributed by atoms with Gasteiger partial charge in [0.2, 0.25) is 0 Å². The summed E-state index contributed by atoms with van der Waals surface area (Å²) in [5, 5.41) is 0. The molecule has 0 spiro atoms. The lowest BCUT2D eigenvalue weighted by atomic mass is 10.2. The summed E-state index contributed by atoms with van der Waals surface area (Å²) in [7, 11) is 1.60. The predicted molar refractivity (Wildman–Crippen MR) is 73.5 cm³/mol. The Morgan fingerprint density at radius 2 is 2.06 bits per heavy atom. The fourth-order valence-electron chi connectivity index (χ4n) is 1.29. The molecule has 1 aromatic rings. The van der Waals surface area contributed by atoms with Crippen LogP contribution in [0.2, 0.25) is 0 Å². The lowest BCUT2D eigenvalue weighted by molar-refractivity contribution is 0.0504. The van der Waals surface area contributed by atoms with Crippen LogP contribution >= 0.6 is 28.0 Å². The van der Waals surface area contributed by atoms with E-state index in [1.54, 1.807) is 7.11 Å². The first kappa shape index (κ1) is 14.8. The van der Waals surface area contributed by atoms with Crippen molar-refractivity contribution in [2.75, 3.05) is 20.5 Å². The van der Waals surface area contributed by atoms with E-state index in [-0.39, 0.29) is 6.79 Å². The molecule has 3 nitrogen and oxygen atoms in total. The maximum absolute atomic E-state index is 5.47. The quantitative estimate of drug-likeness (QED) is 0.560. The van der Waals surface area contributed by atoms with Gasteiger partial charge in [-0.05, 0) is 47.0 Å². The Hall–Kier alpha value is -0.230. The monoisotopic (exact) mass is 320 g/mol. The van der Waals surface area contributed by atoms with Gasteiger partial charge in [0.15, 0.2) is 6.79 Å². The Morgan fingerprint density at radius 3 is 2.65 bits per heavy atom. The van der Waals surface area contributed by atoms with E-state index in [4.69, 9.17) is 13.7 Å². The molecule has 0 heterocycles. The van der Waals surface area contributed by atoms with Gasteiger partial charge in [-0.15, -0.1) is 0 Å². The average molecular weight is 321 g/mol. The molecule has 1 aromatic carbocycles. The minimum absolute atomic E-state index is 0.239. The SMILES string of the molecule is CCOSc1cc(OCOC)c(Br)cc1CC. The van der Waals surface area contributed by atoms with E-state index in [0.29, 0.717) is 6.61 Å². The van der Waals surface area contributed by atoms with Gasteiger partial charge in [-0.3, -0.25) is 0 Å². The molecule has 0 radical (unpaired) electrons. The third-order valence-corrected chi connectivity index (χ3v) is 3.63. The van der Waals surface area contributed by atoms with E-state index in [0.717, 1.165) is 21.5 Å². The molecule has 0 bridgehead atoms. The zero-order valence-corrected chi connectivity index (χ0v) is 12.7. The number of methoxy groups -OCH3 is 1. The molecule has 0 saturated carbocycles. The van der Waals surface area contributed by atoms with Gasteiger partial charge >= 0.3 is 0 Å². The van der Waals surface area contributed by atoms with Crippen molar-refractivity contribution in [1.29, 1.82) is 0 Å². The second-order valence-corrected chi connectivity index (χ2v) is 4.98. The fourth-order valence-corrected chi connectivity index (χ4v) is 2.50. The second-order valence-electron chi connectivity index (χ2n) is 3.28. The standard InChI is InChI=1S/C12H17BrO3S/c1-4-9-6-10(13)11(15-8-14-3)7-12(9)17-16-5-2/h6-7H,4-5,8H2,1-3H3. The van der Waals surface area contributed by atoms with Gasteiger partial charge in [0, 0.05) is 24.0 Å². The van der Waals surface area contributed by atoms with Crippen molar-refractivity contribution in [2.45, 2.75) is 25.2 Å². The van der Waals surface area contributed by atoms with Crippen molar-refractivity contribution in [1.82, 2.24) is 0 Å². The predicted octanol–water partition coefficient (Wildman–Crippen LogP) is 4.04. The first-order chi connectivity index (χ1) is 8.22. The molecule has 0 unspecified atom stereocenters. The molecule has 0 saturated heterocycles. The van der Waals surface area contributed by atoms with Crippen LogP contribution in [-0.4, -0.2) is 20.5 Å². The Morgan fingerprint density at radius 1 is 1.29 bits per heavy atom.